The van der Waals surface area contributed by atoms with E-state index in [1.54, 1.807) is 24.3 Å². The molecule has 0 aromatic carbocycles. The maximum Gasteiger partial charge on any atom is 0.273 e. The third-order valence-corrected chi connectivity index (χ3v) is 3.83. The van der Waals surface area contributed by atoms with Gasteiger partial charge >= 0.3 is 0 Å². The van der Waals surface area contributed by atoms with Crippen LogP contribution in [0.15, 0.2) is 27.4 Å². The minimum atomic E-state index is -0.227. The number of aliphatic hydroxyl groups excluding tert-OH is 1. The average molecular weight is 294 g/mol. The molecule has 0 aliphatic heterocycles. The van der Waals surface area contributed by atoms with E-state index in [0.717, 1.165) is 6.42 Å². The van der Waals surface area contributed by atoms with Crippen LogP contribution in [-0.2, 0) is 0 Å². The number of aryl methyl sites for hydroxylation is 1. The molecule has 0 aliphatic carbocycles. The van der Waals surface area contributed by atoms with Gasteiger partial charge in [0.15, 0.2) is 5.69 Å². The molecule has 0 saturated carbocycles. The summed E-state index contributed by atoms with van der Waals surface area (Å²) in [7, 11) is 0. The summed E-state index contributed by atoms with van der Waals surface area (Å²) in [4.78, 5) is 11.8. The van der Waals surface area contributed by atoms with Crippen molar-refractivity contribution in [2.75, 3.05) is 13.2 Å². The van der Waals surface area contributed by atoms with Gasteiger partial charge in [-0.15, -0.1) is 0 Å². The van der Waals surface area contributed by atoms with Crippen LogP contribution in [0.3, 0.4) is 0 Å². The number of nitrogens with zero attached hydrogens (tertiary/aromatic N) is 1. The van der Waals surface area contributed by atoms with Crippen molar-refractivity contribution in [2.45, 2.75) is 25.7 Å². The lowest BCUT2D eigenvalue weighted by Gasteiger charge is -2.14. The maximum absolute atomic E-state index is 11.8. The van der Waals surface area contributed by atoms with Crippen molar-refractivity contribution in [3.63, 3.8) is 0 Å². The summed E-state index contributed by atoms with van der Waals surface area (Å²) in [5.74, 6) is 0.659. The Morgan fingerprint density at radius 2 is 2.40 bits per heavy atom. The van der Waals surface area contributed by atoms with Gasteiger partial charge in [-0.2, -0.15) is 11.3 Å². The second kappa shape index (κ2) is 7.21. The van der Waals surface area contributed by atoms with Gasteiger partial charge in [0.2, 0.25) is 0 Å². The van der Waals surface area contributed by atoms with E-state index in [-0.39, 0.29) is 18.4 Å². The number of carbonyl (C=O) groups excluding carboxylic acids is 1. The van der Waals surface area contributed by atoms with Crippen LogP contribution >= 0.6 is 11.3 Å². The average Bonchev–Trinajstić information content (AvgIpc) is 3.08. The quantitative estimate of drug-likeness (QED) is 0.822. The van der Waals surface area contributed by atoms with Crippen molar-refractivity contribution in [3.8, 4) is 0 Å². The number of aromatic nitrogens is 1. The summed E-state index contributed by atoms with van der Waals surface area (Å²) in [6, 6.07) is 3.67. The highest BCUT2D eigenvalue weighted by Gasteiger charge is 2.14. The molecule has 1 amide bonds. The third kappa shape index (κ3) is 3.91. The fourth-order valence-corrected chi connectivity index (χ4v) is 2.81. The second-order valence-corrected chi connectivity index (χ2v) is 5.41. The molecule has 2 aromatic rings. The van der Waals surface area contributed by atoms with Gasteiger partial charge in [0.25, 0.3) is 5.91 Å². The van der Waals surface area contributed by atoms with Gasteiger partial charge < -0.3 is 14.9 Å². The van der Waals surface area contributed by atoms with E-state index < -0.39 is 0 Å². The summed E-state index contributed by atoms with van der Waals surface area (Å²) < 4.78 is 4.87. The molecule has 1 atom stereocenters. The molecule has 2 N–H and O–H groups in total. The molecule has 2 heterocycles. The molecule has 0 radical (unpaired) electrons. The van der Waals surface area contributed by atoms with Crippen molar-refractivity contribution in [1.29, 1.82) is 0 Å². The number of hydrogen-bond donors (Lipinski definition) is 2. The van der Waals surface area contributed by atoms with Gasteiger partial charge in [0, 0.05) is 19.2 Å². The summed E-state index contributed by atoms with van der Waals surface area (Å²) in [5.41, 5.74) is 1.52. The highest BCUT2D eigenvalue weighted by Crippen LogP contribution is 2.24. The Labute approximate surface area is 121 Å². The number of rotatable bonds is 7. The highest BCUT2D eigenvalue weighted by atomic mass is 32.1. The molecule has 5 nitrogen and oxygen atoms in total. The molecular formula is C14H18N2O3S. The standard InChI is InChI=1S/C14H18N2O3S/c1-10-8-13(16-19-10)14(18)15-5-2-11(3-6-17)12-4-7-20-9-12/h4,7-9,11,17H,2-3,5-6H2,1H3,(H,15,18)/t11-/m1/s1. The fraction of sp³-hybridized carbons (Fsp3) is 0.429. The van der Waals surface area contributed by atoms with Crippen LogP contribution in [0, 0.1) is 6.92 Å². The molecular weight excluding hydrogens is 276 g/mol. The molecule has 0 aliphatic rings. The predicted octanol–water partition coefficient (Wildman–Crippen LogP) is 2.33. The number of carbonyl (C=O) groups is 1. The van der Waals surface area contributed by atoms with Gasteiger partial charge in [0.1, 0.15) is 5.76 Å². The van der Waals surface area contributed by atoms with Crippen LogP contribution in [0.4, 0.5) is 0 Å². The van der Waals surface area contributed by atoms with Gasteiger partial charge in [-0.3, -0.25) is 4.79 Å². The number of aliphatic hydroxyl groups is 1. The molecule has 0 saturated heterocycles. The van der Waals surface area contributed by atoms with Gasteiger partial charge in [0.05, 0.1) is 0 Å². The molecule has 0 fully saturated rings. The SMILES string of the molecule is Cc1cc(C(=O)NCC[C@H](CCO)c2ccsc2)no1. The van der Waals surface area contributed by atoms with Gasteiger partial charge in [-0.25, -0.2) is 0 Å². The van der Waals surface area contributed by atoms with E-state index in [1.165, 1.54) is 5.56 Å². The van der Waals surface area contributed by atoms with E-state index in [1.807, 2.05) is 5.38 Å². The van der Waals surface area contributed by atoms with E-state index in [2.05, 4.69) is 21.9 Å². The van der Waals surface area contributed by atoms with Crippen molar-refractivity contribution in [3.05, 3.63) is 39.9 Å². The molecule has 6 heteroatoms. The van der Waals surface area contributed by atoms with Gasteiger partial charge in [-0.05, 0) is 48.1 Å². The molecule has 2 aromatic heterocycles. The number of hydrogen-bond acceptors (Lipinski definition) is 5. The second-order valence-electron chi connectivity index (χ2n) is 4.63. The Morgan fingerprint density at radius 1 is 1.55 bits per heavy atom. The summed E-state index contributed by atoms with van der Waals surface area (Å²) in [6.45, 7) is 2.44. The molecule has 20 heavy (non-hydrogen) atoms. The summed E-state index contributed by atoms with van der Waals surface area (Å²) >= 11 is 1.64. The Kier molecular flexibility index (Phi) is 5.31. The van der Waals surface area contributed by atoms with Crippen LogP contribution in [0.25, 0.3) is 0 Å². The molecule has 0 bridgehead atoms. The van der Waals surface area contributed by atoms with Crippen molar-refractivity contribution >= 4 is 17.2 Å². The lowest BCUT2D eigenvalue weighted by atomic mass is 9.95. The van der Waals surface area contributed by atoms with Crippen LogP contribution < -0.4 is 5.32 Å². The number of amides is 1. The van der Waals surface area contributed by atoms with Crippen molar-refractivity contribution < 1.29 is 14.4 Å². The lowest BCUT2D eigenvalue weighted by molar-refractivity contribution is 0.0943. The van der Waals surface area contributed by atoms with Crippen LogP contribution in [0.1, 0.15) is 40.6 Å². The molecule has 0 unspecified atom stereocenters. The molecule has 0 spiro atoms. The fourth-order valence-electron chi connectivity index (χ4n) is 2.06. The first-order valence-electron chi connectivity index (χ1n) is 6.55. The maximum atomic E-state index is 11.8. The predicted molar refractivity (Wildman–Crippen MR) is 77.0 cm³/mol. The topological polar surface area (TPSA) is 75.4 Å². The summed E-state index contributed by atoms with van der Waals surface area (Å²) in [5, 5.41) is 19.7. The van der Waals surface area contributed by atoms with E-state index in [9.17, 15) is 4.79 Å². The zero-order valence-corrected chi connectivity index (χ0v) is 12.2. The highest BCUT2D eigenvalue weighted by molar-refractivity contribution is 7.07. The largest absolute Gasteiger partial charge is 0.396 e. The van der Waals surface area contributed by atoms with E-state index in [4.69, 9.17) is 9.63 Å². The molecule has 2 rings (SSSR count). The van der Waals surface area contributed by atoms with E-state index >= 15 is 0 Å². The first-order chi connectivity index (χ1) is 9.70. The zero-order valence-electron chi connectivity index (χ0n) is 11.3. The number of thiophene rings is 1. The lowest BCUT2D eigenvalue weighted by Crippen LogP contribution is -2.26. The van der Waals surface area contributed by atoms with Crippen LogP contribution in [0.5, 0.6) is 0 Å². The summed E-state index contributed by atoms with van der Waals surface area (Å²) in [6.07, 6.45) is 1.50. The van der Waals surface area contributed by atoms with E-state index in [0.29, 0.717) is 24.4 Å². The smallest absolute Gasteiger partial charge is 0.273 e. The minimum Gasteiger partial charge on any atom is -0.396 e. The number of nitrogens with one attached hydrogen (secondary N) is 1. The van der Waals surface area contributed by atoms with Crippen LogP contribution in [-0.4, -0.2) is 29.3 Å². The monoisotopic (exact) mass is 294 g/mol. The normalized spacial score (nSPS) is 12.3. The first kappa shape index (κ1) is 14.7. The van der Waals surface area contributed by atoms with Crippen LogP contribution in [0.2, 0.25) is 0 Å². The first-order valence-corrected chi connectivity index (χ1v) is 7.49. The Hall–Kier alpha value is -1.66. The Morgan fingerprint density at radius 3 is 3.00 bits per heavy atom. The van der Waals surface area contributed by atoms with Crippen molar-refractivity contribution in [1.82, 2.24) is 10.5 Å². The molecule has 108 valence electrons. The van der Waals surface area contributed by atoms with Crippen molar-refractivity contribution in [2.24, 2.45) is 0 Å². The Bertz CT molecular complexity index is 536. The third-order valence-electron chi connectivity index (χ3n) is 3.13. The zero-order chi connectivity index (χ0) is 14.4. The van der Waals surface area contributed by atoms with Gasteiger partial charge in [-0.1, -0.05) is 5.16 Å². The Balaban J connectivity index is 1.83. The minimum absolute atomic E-state index is 0.150.